The third-order valence-electron chi connectivity index (χ3n) is 12.7. The highest BCUT2D eigenvalue weighted by molar-refractivity contribution is 5.80. The Morgan fingerprint density at radius 2 is 0.517 bits per heavy atom. The molecule has 0 fully saturated rings. The topological polar surface area (TPSA) is 74.6 Å². The Morgan fingerprint density at radius 1 is 0.310 bits per heavy atom. The van der Waals surface area contributed by atoms with Gasteiger partial charge in [-0.1, -0.05) is 291 Å². The zero-order chi connectivity index (χ0) is 42.8. The van der Waals surface area contributed by atoms with Gasteiger partial charge in [-0.15, -0.1) is 0 Å². The number of ketones is 1. The van der Waals surface area contributed by atoms with E-state index < -0.39 is 12.1 Å². The number of hydrogen-bond acceptors (Lipinski definition) is 3. The van der Waals surface area contributed by atoms with Crippen LogP contribution in [0, 0.1) is 5.92 Å². The van der Waals surface area contributed by atoms with E-state index in [9.17, 15) is 14.7 Å². The first-order chi connectivity index (χ1) is 28.4. The molecule has 348 valence electrons. The monoisotopic (exact) mass is 821 g/mol. The number of aliphatic hydroxyl groups excluding tert-OH is 1. The minimum absolute atomic E-state index is 0.279. The fraction of sp³-hybridized carbons (Fsp3) is 0.963. The molecule has 0 aromatic heterocycles. The first-order valence-corrected chi connectivity index (χ1v) is 26.9. The Bertz CT molecular complexity index is 765. The summed E-state index contributed by atoms with van der Waals surface area (Å²) in [6.07, 6.45) is 58.5. The van der Waals surface area contributed by atoms with Crippen LogP contribution in [0.1, 0.15) is 323 Å². The Labute approximate surface area is 365 Å². The van der Waals surface area contributed by atoms with Gasteiger partial charge >= 0.3 is 5.97 Å². The third-order valence-corrected chi connectivity index (χ3v) is 12.7. The fourth-order valence-electron chi connectivity index (χ4n) is 8.52. The summed E-state index contributed by atoms with van der Waals surface area (Å²) < 4.78 is 0. The van der Waals surface area contributed by atoms with Gasteiger partial charge in [0.25, 0.3) is 0 Å². The van der Waals surface area contributed by atoms with Crippen molar-refractivity contribution in [2.75, 3.05) is 0 Å². The molecule has 4 heteroatoms. The summed E-state index contributed by atoms with van der Waals surface area (Å²) in [5, 5.41) is 18.0. The Morgan fingerprint density at radius 3 is 0.776 bits per heavy atom. The van der Waals surface area contributed by atoms with E-state index in [2.05, 4.69) is 27.7 Å². The van der Waals surface area contributed by atoms with Crippen molar-refractivity contribution >= 4 is 11.8 Å². The van der Waals surface area contributed by atoms with Gasteiger partial charge in [-0.25, -0.2) is 4.79 Å². The van der Waals surface area contributed by atoms with Gasteiger partial charge in [-0.3, -0.25) is 4.79 Å². The number of carbonyl (C=O) groups excluding carboxylic acids is 1. The van der Waals surface area contributed by atoms with Gasteiger partial charge in [0.05, 0.1) is 0 Å². The average molecular weight is 821 g/mol. The highest BCUT2D eigenvalue weighted by Crippen LogP contribution is 2.23. The summed E-state index contributed by atoms with van der Waals surface area (Å²) in [7, 11) is 0. The van der Waals surface area contributed by atoms with Crippen molar-refractivity contribution in [2.24, 2.45) is 5.92 Å². The predicted molar refractivity (Wildman–Crippen MR) is 257 cm³/mol. The van der Waals surface area contributed by atoms with Crippen LogP contribution < -0.4 is 0 Å². The van der Waals surface area contributed by atoms with E-state index in [0.29, 0.717) is 12.2 Å². The third kappa shape index (κ3) is 49.5. The second-order valence-corrected chi connectivity index (χ2v) is 18.6. The molecule has 0 amide bonds. The van der Waals surface area contributed by atoms with E-state index >= 15 is 0 Å². The quantitative estimate of drug-likeness (QED) is 0.0600. The van der Waals surface area contributed by atoms with E-state index in [4.69, 9.17) is 5.11 Å². The van der Waals surface area contributed by atoms with Crippen LogP contribution >= 0.6 is 0 Å². The molecule has 2 atom stereocenters. The van der Waals surface area contributed by atoms with E-state index in [0.717, 1.165) is 57.8 Å². The first kappa shape index (κ1) is 59.2. The molecule has 0 aliphatic carbocycles. The number of carbonyl (C=O) groups is 2. The molecule has 0 aromatic carbocycles. The number of carboxylic acid groups (broad SMARTS) is 1. The molecule has 0 aromatic rings. The molecule has 0 aliphatic rings. The number of hydrogen-bond donors (Lipinski definition) is 2. The summed E-state index contributed by atoms with van der Waals surface area (Å²) in [6, 6.07) is 0. The second kappa shape index (κ2) is 52.2. The van der Waals surface area contributed by atoms with Gasteiger partial charge in [0.2, 0.25) is 0 Å². The summed E-state index contributed by atoms with van der Waals surface area (Å²) in [5.74, 6) is -0.303. The van der Waals surface area contributed by atoms with Crippen LogP contribution in [0.4, 0.5) is 0 Å². The minimum Gasteiger partial charge on any atom is -0.479 e. The van der Waals surface area contributed by atoms with Crippen molar-refractivity contribution in [1.29, 1.82) is 0 Å². The molecule has 0 saturated carbocycles. The van der Waals surface area contributed by atoms with Crippen LogP contribution in [0.5, 0.6) is 0 Å². The zero-order valence-electron chi connectivity index (χ0n) is 40.4. The fourth-order valence-corrected chi connectivity index (χ4v) is 8.52. The molecule has 0 radical (unpaired) electrons. The molecule has 58 heavy (non-hydrogen) atoms. The SMILES string of the molecule is CCCCCCCCCCCCCCCCCC.CCCCCCCCCCCCCCCCCC(=O)C(CCCCCC)CCCCCCCCCC(O)C(=O)O. The molecular formula is C54H108O4. The lowest BCUT2D eigenvalue weighted by Gasteiger charge is -2.16. The van der Waals surface area contributed by atoms with Crippen LogP contribution in [0.15, 0.2) is 0 Å². The van der Waals surface area contributed by atoms with Gasteiger partial charge in [0.15, 0.2) is 6.10 Å². The van der Waals surface area contributed by atoms with Crippen molar-refractivity contribution in [1.82, 2.24) is 0 Å². The molecule has 4 nitrogen and oxygen atoms in total. The molecule has 0 heterocycles. The van der Waals surface area contributed by atoms with Gasteiger partial charge in [0.1, 0.15) is 5.78 Å². The van der Waals surface area contributed by atoms with Crippen molar-refractivity contribution in [3.63, 3.8) is 0 Å². The summed E-state index contributed by atoms with van der Waals surface area (Å²) in [5.41, 5.74) is 0. The highest BCUT2D eigenvalue weighted by atomic mass is 16.4. The summed E-state index contributed by atoms with van der Waals surface area (Å²) in [6.45, 7) is 9.11. The van der Waals surface area contributed by atoms with Crippen LogP contribution in [0.25, 0.3) is 0 Å². The maximum Gasteiger partial charge on any atom is 0.332 e. The smallest absolute Gasteiger partial charge is 0.332 e. The van der Waals surface area contributed by atoms with E-state index in [-0.39, 0.29) is 5.92 Å². The van der Waals surface area contributed by atoms with E-state index in [1.165, 1.54) is 231 Å². The lowest BCUT2D eigenvalue weighted by Crippen LogP contribution is -2.18. The lowest BCUT2D eigenvalue weighted by molar-refractivity contribution is -0.147. The molecule has 0 saturated heterocycles. The molecule has 0 rings (SSSR count). The van der Waals surface area contributed by atoms with Gasteiger partial charge in [-0.2, -0.15) is 0 Å². The number of carboxylic acids is 1. The molecule has 0 bridgehead atoms. The predicted octanol–water partition coefficient (Wildman–Crippen LogP) is 18.6. The van der Waals surface area contributed by atoms with Crippen LogP contribution in [-0.4, -0.2) is 28.1 Å². The Balaban J connectivity index is 0. The van der Waals surface area contributed by atoms with Crippen molar-refractivity contribution < 1.29 is 19.8 Å². The lowest BCUT2D eigenvalue weighted by atomic mass is 9.88. The molecule has 2 unspecified atom stereocenters. The van der Waals surface area contributed by atoms with Gasteiger partial charge in [-0.05, 0) is 25.7 Å². The number of aliphatic carboxylic acids is 1. The molecular weight excluding hydrogens is 713 g/mol. The van der Waals surface area contributed by atoms with Gasteiger partial charge in [0, 0.05) is 12.3 Å². The maximum absolute atomic E-state index is 13.0. The van der Waals surface area contributed by atoms with Crippen LogP contribution in [-0.2, 0) is 9.59 Å². The number of rotatable bonds is 48. The Kier molecular flexibility index (Phi) is 53.3. The maximum atomic E-state index is 13.0. The van der Waals surface area contributed by atoms with Crippen molar-refractivity contribution in [3.8, 4) is 0 Å². The van der Waals surface area contributed by atoms with Crippen molar-refractivity contribution in [3.05, 3.63) is 0 Å². The Hall–Kier alpha value is -0.900. The normalized spacial score (nSPS) is 12.4. The minimum atomic E-state index is -1.21. The molecule has 0 spiro atoms. The number of aliphatic hydroxyl groups is 1. The van der Waals surface area contributed by atoms with Crippen molar-refractivity contribution in [2.45, 2.75) is 329 Å². The summed E-state index contributed by atoms with van der Waals surface area (Å²) in [4.78, 5) is 23.7. The highest BCUT2D eigenvalue weighted by Gasteiger charge is 2.17. The standard InChI is InChI=1S/C36H70O4.C18H38/c1-3-5-7-9-10-11-12-13-14-15-16-17-20-23-27-31-34(37)33(29-25-8-6-4-2)30-26-22-19-18-21-24-28-32-35(38)36(39)40;1-3-5-7-9-11-13-15-17-18-16-14-12-10-8-6-4-2/h33,35,38H,3-32H2,1-2H3,(H,39,40);3-18H2,1-2H3. The second-order valence-electron chi connectivity index (χ2n) is 18.6. The number of Topliss-reactive ketones (excluding diaryl/α,β-unsaturated/α-hetero) is 1. The number of unbranched alkanes of at least 4 members (excludes halogenated alkanes) is 38. The van der Waals surface area contributed by atoms with Crippen LogP contribution in [0.2, 0.25) is 0 Å². The van der Waals surface area contributed by atoms with Crippen LogP contribution in [0.3, 0.4) is 0 Å². The molecule has 2 N–H and O–H groups in total. The largest absolute Gasteiger partial charge is 0.479 e. The zero-order valence-corrected chi connectivity index (χ0v) is 40.4. The first-order valence-electron chi connectivity index (χ1n) is 26.9. The van der Waals surface area contributed by atoms with E-state index in [1.54, 1.807) is 0 Å². The van der Waals surface area contributed by atoms with E-state index in [1.807, 2.05) is 0 Å². The summed E-state index contributed by atoms with van der Waals surface area (Å²) >= 11 is 0. The average Bonchev–Trinajstić information content (AvgIpc) is 3.22. The van der Waals surface area contributed by atoms with Gasteiger partial charge < -0.3 is 10.2 Å². The molecule has 0 aliphatic heterocycles.